The van der Waals surface area contributed by atoms with Gasteiger partial charge < -0.3 is 0 Å². The number of hydrogen-bond donors (Lipinski definition) is 0. The van der Waals surface area contributed by atoms with Gasteiger partial charge in [0.25, 0.3) is 0 Å². The highest BCUT2D eigenvalue weighted by molar-refractivity contribution is 7.99. The van der Waals surface area contributed by atoms with E-state index in [0.29, 0.717) is 0 Å². The minimum atomic E-state index is 0.212. The fourth-order valence-corrected chi connectivity index (χ4v) is 3.33. The number of nitrogens with zero attached hydrogens (tertiary/aromatic N) is 4. The zero-order valence-corrected chi connectivity index (χ0v) is 13.3. The van der Waals surface area contributed by atoms with E-state index in [1.807, 2.05) is 34.5 Å². The normalized spacial score (nSPS) is 12.2. The summed E-state index contributed by atoms with van der Waals surface area (Å²) in [6.45, 7) is 6.60. The largest absolute Gasteiger partial charge is 0.235 e. The third-order valence-electron chi connectivity index (χ3n) is 2.71. The fraction of sp³-hybridized carbons (Fsp3) is 0.357. The monoisotopic (exact) mass is 304 g/mol. The molecule has 0 bridgehead atoms. The first-order chi connectivity index (χ1) is 9.53. The van der Waals surface area contributed by atoms with Crippen LogP contribution in [0.3, 0.4) is 0 Å². The van der Waals surface area contributed by atoms with Gasteiger partial charge in [0.2, 0.25) is 4.96 Å². The van der Waals surface area contributed by atoms with Crippen LogP contribution in [0.4, 0.5) is 0 Å². The van der Waals surface area contributed by atoms with E-state index in [2.05, 4.69) is 48.2 Å². The van der Waals surface area contributed by atoms with Crippen LogP contribution < -0.4 is 0 Å². The molecule has 0 saturated heterocycles. The molecule has 2 aromatic heterocycles. The standard InChI is InChI=1S/C14H16N4S2/c1-14(2,3)19-9-11-15-16-13-18(11)17-12(20-13)10-7-5-4-6-8-10/h4-8H,9H2,1-3H3. The topological polar surface area (TPSA) is 43.1 Å². The molecule has 0 amide bonds. The Balaban J connectivity index is 1.91. The SMILES string of the molecule is CC(C)(C)SCc1nnc2sc(-c3ccccc3)nn12. The molecule has 4 nitrogen and oxygen atoms in total. The van der Waals surface area contributed by atoms with Gasteiger partial charge in [-0.15, -0.1) is 22.0 Å². The summed E-state index contributed by atoms with van der Waals surface area (Å²) in [6.07, 6.45) is 0. The van der Waals surface area contributed by atoms with Crippen LogP contribution in [0.15, 0.2) is 30.3 Å². The molecule has 0 radical (unpaired) electrons. The van der Waals surface area contributed by atoms with Crippen molar-refractivity contribution in [2.75, 3.05) is 0 Å². The van der Waals surface area contributed by atoms with Crippen molar-refractivity contribution in [2.45, 2.75) is 31.3 Å². The van der Waals surface area contributed by atoms with E-state index in [4.69, 9.17) is 0 Å². The van der Waals surface area contributed by atoms with Gasteiger partial charge in [0.1, 0.15) is 5.01 Å². The number of hydrogen-bond acceptors (Lipinski definition) is 5. The average Bonchev–Trinajstić information content (AvgIpc) is 2.96. The number of benzene rings is 1. The molecule has 1 aromatic carbocycles. The summed E-state index contributed by atoms with van der Waals surface area (Å²) >= 11 is 3.43. The Bertz CT molecular complexity index is 710. The van der Waals surface area contributed by atoms with E-state index < -0.39 is 0 Å². The number of fused-ring (bicyclic) bond motifs is 1. The predicted octanol–water partition coefficient (Wildman–Crippen LogP) is 3.88. The number of aromatic nitrogens is 4. The lowest BCUT2D eigenvalue weighted by Crippen LogP contribution is -2.08. The maximum Gasteiger partial charge on any atom is 0.235 e. The lowest BCUT2D eigenvalue weighted by Gasteiger charge is -2.16. The molecule has 104 valence electrons. The molecule has 0 unspecified atom stereocenters. The average molecular weight is 304 g/mol. The molecule has 0 N–H and O–H groups in total. The number of thioether (sulfide) groups is 1. The van der Waals surface area contributed by atoms with Crippen LogP contribution in [0.1, 0.15) is 26.6 Å². The summed E-state index contributed by atoms with van der Waals surface area (Å²) in [6, 6.07) is 10.2. The lowest BCUT2D eigenvalue weighted by atomic mass is 10.2. The van der Waals surface area contributed by atoms with E-state index in [1.54, 1.807) is 11.3 Å². The lowest BCUT2D eigenvalue weighted by molar-refractivity contribution is 0.796. The van der Waals surface area contributed by atoms with E-state index >= 15 is 0 Å². The van der Waals surface area contributed by atoms with Gasteiger partial charge in [-0.2, -0.15) is 9.61 Å². The van der Waals surface area contributed by atoms with Gasteiger partial charge in [0, 0.05) is 10.3 Å². The molecule has 3 aromatic rings. The molecule has 0 aliphatic carbocycles. The molecule has 2 heterocycles. The number of rotatable bonds is 3. The second-order valence-corrected chi connectivity index (χ2v) is 8.24. The highest BCUT2D eigenvalue weighted by Gasteiger charge is 2.16. The minimum Gasteiger partial charge on any atom is -0.186 e. The van der Waals surface area contributed by atoms with Crippen LogP contribution in [0.25, 0.3) is 15.5 Å². The zero-order chi connectivity index (χ0) is 14.2. The van der Waals surface area contributed by atoms with Crippen molar-refractivity contribution in [3.63, 3.8) is 0 Å². The van der Waals surface area contributed by atoms with Gasteiger partial charge in [-0.25, -0.2) is 0 Å². The van der Waals surface area contributed by atoms with Crippen molar-refractivity contribution in [3.8, 4) is 10.6 Å². The van der Waals surface area contributed by atoms with Crippen molar-refractivity contribution >= 4 is 28.1 Å². The first-order valence-corrected chi connectivity index (χ1v) is 8.24. The fourth-order valence-electron chi connectivity index (χ4n) is 1.73. The Hall–Kier alpha value is -1.40. The van der Waals surface area contributed by atoms with Gasteiger partial charge in [0.05, 0.1) is 5.75 Å². The van der Waals surface area contributed by atoms with E-state index in [9.17, 15) is 0 Å². The summed E-state index contributed by atoms with van der Waals surface area (Å²) in [7, 11) is 0. The second-order valence-electron chi connectivity index (χ2n) is 5.48. The van der Waals surface area contributed by atoms with Crippen molar-refractivity contribution in [3.05, 3.63) is 36.2 Å². The van der Waals surface area contributed by atoms with Crippen LogP contribution >= 0.6 is 23.1 Å². The van der Waals surface area contributed by atoms with Gasteiger partial charge in [-0.05, 0) is 0 Å². The highest BCUT2D eigenvalue weighted by atomic mass is 32.2. The van der Waals surface area contributed by atoms with Gasteiger partial charge in [-0.1, -0.05) is 62.4 Å². The van der Waals surface area contributed by atoms with E-state index in [0.717, 1.165) is 27.1 Å². The molecule has 0 fully saturated rings. The zero-order valence-electron chi connectivity index (χ0n) is 11.7. The van der Waals surface area contributed by atoms with Crippen LogP contribution in [-0.4, -0.2) is 24.6 Å². The molecular weight excluding hydrogens is 288 g/mol. The summed E-state index contributed by atoms with van der Waals surface area (Å²) in [5.41, 5.74) is 1.12. The second kappa shape index (κ2) is 5.18. The molecule has 6 heteroatoms. The molecule has 0 atom stereocenters. The van der Waals surface area contributed by atoms with Crippen molar-refractivity contribution in [1.82, 2.24) is 19.8 Å². The maximum atomic E-state index is 4.64. The van der Waals surface area contributed by atoms with Gasteiger partial charge >= 0.3 is 0 Å². The Labute approximate surface area is 126 Å². The predicted molar refractivity (Wildman–Crippen MR) is 85.1 cm³/mol. The third kappa shape index (κ3) is 2.86. The third-order valence-corrected chi connectivity index (χ3v) is 4.93. The summed E-state index contributed by atoms with van der Waals surface area (Å²) in [5.74, 6) is 1.74. The van der Waals surface area contributed by atoms with Crippen molar-refractivity contribution in [2.24, 2.45) is 0 Å². The minimum absolute atomic E-state index is 0.212. The molecule has 0 aliphatic rings. The summed E-state index contributed by atoms with van der Waals surface area (Å²) in [5, 5.41) is 14.1. The van der Waals surface area contributed by atoms with E-state index in [1.165, 1.54) is 0 Å². The van der Waals surface area contributed by atoms with Crippen molar-refractivity contribution < 1.29 is 0 Å². The van der Waals surface area contributed by atoms with Crippen LogP contribution in [0.5, 0.6) is 0 Å². The molecular formula is C14H16N4S2. The van der Waals surface area contributed by atoms with Crippen LogP contribution in [-0.2, 0) is 5.75 Å². The smallest absolute Gasteiger partial charge is 0.186 e. The van der Waals surface area contributed by atoms with Gasteiger partial charge in [0.15, 0.2) is 5.82 Å². The highest BCUT2D eigenvalue weighted by Crippen LogP contribution is 2.29. The first-order valence-electron chi connectivity index (χ1n) is 6.43. The van der Waals surface area contributed by atoms with E-state index in [-0.39, 0.29) is 4.75 Å². The Morgan fingerprint density at radius 3 is 2.60 bits per heavy atom. The Morgan fingerprint density at radius 2 is 1.90 bits per heavy atom. The van der Waals surface area contributed by atoms with Crippen LogP contribution in [0.2, 0.25) is 0 Å². The quantitative estimate of drug-likeness (QED) is 0.736. The Morgan fingerprint density at radius 1 is 1.15 bits per heavy atom. The molecule has 3 rings (SSSR count). The summed E-state index contributed by atoms with van der Waals surface area (Å²) in [4.78, 5) is 0.855. The Kier molecular flexibility index (Phi) is 3.52. The van der Waals surface area contributed by atoms with Gasteiger partial charge in [-0.3, -0.25) is 0 Å². The van der Waals surface area contributed by atoms with Crippen LogP contribution in [0, 0.1) is 0 Å². The maximum absolute atomic E-state index is 4.64. The molecule has 0 aliphatic heterocycles. The summed E-state index contributed by atoms with van der Waals surface area (Å²) < 4.78 is 2.08. The molecule has 0 saturated carbocycles. The first kappa shape index (κ1) is 13.6. The molecule has 0 spiro atoms. The van der Waals surface area contributed by atoms with Crippen molar-refractivity contribution in [1.29, 1.82) is 0 Å². The molecule has 20 heavy (non-hydrogen) atoms.